The van der Waals surface area contributed by atoms with E-state index in [4.69, 9.17) is 27.9 Å². The van der Waals surface area contributed by atoms with E-state index in [0.717, 1.165) is 21.7 Å². The summed E-state index contributed by atoms with van der Waals surface area (Å²) in [5, 5.41) is 0.580. The van der Waals surface area contributed by atoms with E-state index in [9.17, 15) is 0 Å². The summed E-state index contributed by atoms with van der Waals surface area (Å²) in [5.74, 6) is 0. The quantitative estimate of drug-likeness (QED) is 0.707. The molecule has 1 heterocycles. The number of halogens is 2. The number of rotatable bonds is 2. The molecule has 19 heavy (non-hydrogen) atoms. The van der Waals surface area contributed by atoms with Crippen LogP contribution in [0.1, 0.15) is 33.2 Å². The molecule has 0 saturated carbocycles. The van der Waals surface area contributed by atoms with E-state index in [-0.39, 0.29) is 5.38 Å². The molecule has 3 rings (SSSR count). The second kappa shape index (κ2) is 5.16. The molecule has 0 aliphatic carbocycles. The van der Waals surface area contributed by atoms with Crippen molar-refractivity contribution in [3.8, 4) is 0 Å². The molecule has 1 aliphatic heterocycles. The van der Waals surface area contributed by atoms with Gasteiger partial charge >= 0.3 is 0 Å². The lowest BCUT2D eigenvalue weighted by atomic mass is 9.99. The largest absolute Gasteiger partial charge is 0.372 e. The summed E-state index contributed by atoms with van der Waals surface area (Å²) in [4.78, 5) is 0. The van der Waals surface area contributed by atoms with Crippen molar-refractivity contribution in [2.45, 2.75) is 25.5 Å². The van der Waals surface area contributed by atoms with Crippen molar-refractivity contribution in [1.29, 1.82) is 0 Å². The first-order valence-electron chi connectivity index (χ1n) is 6.25. The highest BCUT2D eigenvalue weighted by Crippen LogP contribution is 2.33. The summed E-state index contributed by atoms with van der Waals surface area (Å²) in [5.41, 5.74) is 5.68. The van der Waals surface area contributed by atoms with Gasteiger partial charge in [-0.25, -0.2) is 0 Å². The van der Waals surface area contributed by atoms with Crippen LogP contribution < -0.4 is 0 Å². The third-order valence-electron chi connectivity index (χ3n) is 3.53. The Balaban J connectivity index is 1.94. The highest BCUT2D eigenvalue weighted by atomic mass is 35.5. The Morgan fingerprint density at radius 1 is 1.00 bits per heavy atom. The highest BCUT2D eigenvalue weighted by molar-refractivity contribution is 6.31. The molecule has 98 valence electrons. The number of hydrogen-bond acceptors (Lipinski definition) is 1. The van der Waals surface area contributed by atoms with Gasteiger partial charge in [0.05, 0.1) is 18.6 Å². The van der Waals surface area contributed by atoms with E-state index in [2.05, 4.69) is 18.2 Å². The molecule has 1 unspecified atom stereocenters. The first kappa shape index (κ1) is 13.0. The van der Waals surface area contributed by atoms with Crippen LogP contribution in [-0.2, 0) is 18.0 Å². The molecule has 0 bridgehead atoms. The summed E-state index contributed by atoms with van der Waals surface area (Å²) in [6.45, 7) is 3.38. The molecule has 0 fully saturated rings. The molecule has 0 radical (unpaired) electrons. The van der Waals surface area contributed by atoms with Gasteiger partial charge in [-0.2, -0.15) is 0 Å². The Labute approximate surface area is 123 Å². The minimum Gasteiger partial charge on any atom is -0.372 e. The fourth-order valence-corrected chi connectivity index (χ4v) is 2.77. The molecule has 1 aliphatic rings. The van der Waals surface area contributed by atoms with Crippen molar-refractivity contribution >= 4 is 23.2 Å². The summed E-state index contributed by atoms with van der Waals surface area (Å²) in [7, 11) is 0. The molecule has 3 heteroatoms. The molecule has 1 atom stereocenters. The van der Waals surface area contributed by atoms with Crippen LogP contribution in [0, 0.1) is 6.92 Å². The molecular formula is C16H14Cl2O. The van der Waals surface area contributed by atoms with Gasteiger partial charge in [-0.3, -0.25) is 0 Å². The maximum Gasteiger partial charge on any atom is 0.0836 e. The normalized spacial score (nSPS) is 15.3. The van der Waals surface area contributed by atoms with Gasteiger partial charge in [0, 0.05) is 5.02 Å². The average molecular weight is 293 g/mol. The zero-order chi connectivity index (χ0) is 13.4. The minimum absolute atomic E-state index is 0.177. The number of benzene rings is 2. The van der Waals surface area contributed by atoms with E-state index in [0.29, 0.717) is 13.2 Å². The van der Waals surface area contributed by atoms with Crippen LogP contribution in [-0.4, -0.2) is 0 Å². The predicted octanol–water partition coefficient (Wildman–Crippen LogP) is 5.01. The van der Waals surface area contributed by atoms with E-state index in [1.807, 2.05) is 25.1 Å². The Hall–Kier alpha value is -1.02. The standard InChI is InChI=1S/C16H14Cl2O/c1-10-2-3-12(7-15(10)17)16(18)11-4-5-13-8-19-9-14(13)6-11/h2-7,16H,8-9H2,1H3. The second-order valence-electron chi connectivity index (χ2n) is 4.89. The van der Waals surface area contributed by atoms with Crippen LogP contribution in [0.4, 0.5) is 0 Å². The number of fused-ring (bicyclic) bond motifs is 1. The number of ether oxygens (including phenoxy) is 1. The topological polar surface area (TPSA) is 9.23 Å². The number of alkyl halides is 1. The van der Waals surface area contributed by atoms with Crippen molar-refractivity contribution in [2.24, 2.45) is 0 Å². The van der Waals surface area contributed by atoms with Gasteiger partial charge in [-0.05, 0) is 40.8 Å². The minimum atomic E-state index is -0.177. The van der Waals surface area contributed by atoms with Crippen LogP contribution in [0.2, 0.25) is 5.02 Å². The van der Waals surface area contributed by atoms with Crippen molar-refractivity contribution in [3.05, 3.63) is 69.2 Å². The van der Waals surface area contributed by atoms with Crippen LogP contribution >= 0.6 is 23.2 Å². The van der Waals surface area contributed by atoms with Gasteiger partial charge in [0.1, 0.15) is 0 Å². The summed E-state index contributed by atoms with van der Waals surface area (Å²) in [6, 6.07) is 12.3. The van der Waals surface area contributed by atoms with Gasteiger partial charge in [-0.1, -0.05) is 41.9 Å². The number of hydrogen-bond donors (Lipinski definition) is 0. The van der Waals surface area contributed by atoms with Gasteiger partial charge in [-0.15, -0.1) is 11.6 Å². The zero-order valence-electron chi connectivity index (χ0n) is 10.6. The van der Waals surface area contributed by atoms with Gasteiger partial charge in [0.25, 0.3) is 0 Å². The fourth-order valence-electron chi connectivity index (χ4n) is 2.31. The third-order valence-corrected chi connectivity index (χ3v) is 4.44. The Kier molecular flexibility index (Phi) is 3.53. The lowest BCUT2D eigenvalue weighted by molar-refractivity contribution is 0.134. The number of aryl methyl sites for hydroxylation is 1. The van der Waals surface area contributed by atoms with Crippen molar-refractivity contribution in [3.63, 3.8) is 0 Å². The Bertz CT molecular complexity index is 622. The molecule has 0 N–H and O–H groups in total. The summed E-state index contributed by atoms with van der Waals surface area (Å²) >= 11 is 12.7. The van der Waals surface area contributed by atoms with Crippen LogP contribution in [0.5, 0.6) is 0 Å². The maximum atomic E-state index is 6.56. The van der Waals surface area contributed by atoms with E-state index < -0.39 is 0 Å². The van der Waals surface area contributed by atoms with Crippen LogP contribution in [0.3, 0.4) is 0 Å². The molecule has 1 nitrogen and oxygen atoms in total. The van der Waals surface area contributed by atoms with Crippen molar-refractivity contribution in [2.75, 3.05) is 0 Å². The van der Waals surface area contributed by atoms with E-state index in [1.54, 1.807) is 0 Å². The van der Waals surface area contributed by atoms with Crippen LogP contribution in [0.15, 0.2) is 36.4 Å². The Morgan fingerprint density at radius 2 is 1.68 bits per heavy atom. The SMILES string of the molecule is Cc1ccc(C(Cl)c2ccc3c(c2)COC3)cc1Cl. The Morgan fingerprint density at radius 3 is 2.47 bits per heavy atom. The summed E-state index contributed by atoms with van der Waals surface area (Å²) in [6.07, 6.45) is 0. The highest BCUT2D eigenvalue weighted by Gasteiger charge is 2.16. The molecule has 0 spiro atoms. The fraction of sp³-hybridized carbons (Fsp3) is 0.250. The molecule has 0 amide bonds. The van der Waals surface area contributed by atoms with Crippen LogP contribution in [0.25, 0.3) is 0 Å². The van der Waals surface area contributed by atoms with Gasteiger partial charge < -0.3 is 4.74 Å². The van der Waals surface area contributed by atoms with Gasteiger partial charge in [0.2, 0.25) is 0 Å². The lowest BCUT2D eigenvalue weighted by Gasteiger charge is -2.13. The third kappa shape index (κ3) is 2.51. The molecule has 2 aromatic rings. The summed E-state index contributed by atoms with van der Waals surface area (Å²) < 4.78 is 5.43. The van der Waals surface area contributed by atoms with E-state index in [1.165, 1.54) is 11.1 Å². The molecule has 0 aromatic heterocycles. The molecule has 0 saturated heterocycles. The van der Waals surface area contributed by atoms with Crippen molar-refractivity contribution < 1.29 is 4.74 Å². The molecular weight excluding hydrogens is 279 g/mol. The monoisotopic (exact) mass is 292 g/mol. The second-order valence-corrected chi connectivity index (χ2v) is 5.74. The zero-order valence-corrected chi connectivity index (χ0v) is 12.1. The predicted molar refractivity (Wildman–Crippen MR) is 78.8 cm³/mol. The van der Waals surface area contributed by atoms with Gasteiger partial charge in [0.15, 0.2) is 0 Å². The first-order chi connectivity index (χ1) is 9.15. The first-order valence-corrected chi connectivity index (χ1v) is 7.06. The maximum absolute atomic E-state index is 6.56. The lowest BCUT2D eigenvalue weighted by Crippen LogP contribution is -1.96. The van der Waals surface area contributed by atoms with E-state index >= 15 is 0 Å². The molecule has 2 aromatic carbocycles. The van der Waals surface area contributed by atoms with Crippen molar-refractivity contribution in [1.82, 2.24) is 0 Å². The average Bonchev–Trinajstić information content (AvgIpc) is 2.88. The smallest absolute Gasteiger partial charge is 0.0836 e.